The van der Waals surface area contributed by atoms with Crippen LogP contribution in [0.15, 0.2) is 73.2 Å². The molecule has 0 spiro atoms. The second-order valence-electron chi connectivity index (χ2n) is 9.95. The quantitative estimate of drug-likeness (QED) is 0.236. The summed E-state index contributed by atoms with van der Waals surface area (Å²) in [6.45, 7) is 4.34. The van der Waals surface area contributed by atoms with Crippen LogP contribution < -0.4 is 30.2 Å². The van der Waals surface area contributed by atoms with Gasteiger partial charge in [0.2, 0.25) is 0 Å². The molecule has 1 aliphatic heterocycles. The zero-order chi connectivity index (χ0) is 28.6. The van der Waals surface area contributed by atoms with E-state index in [1.807, 2.05) is 72.5 Å². The number of amides is 1. The van der Waals surface area contributed by atoms with Crippen molar-refractivity contribution >= 4 is 17.4 Å². The van der Waals surface area contributed by atoms with Gasteiger partial charge in [0.25, 0.3) is 5.91 Å². The predicted molar refractivity (Wildman–Crippen MR) is 157 cm³/mol. The maximum absolute atomic E-state index is 12.9. The number of anilines is 2. The lowest BCUT2D eigenvalue weighted by molar-refractivity contribution is 0.0950. The van der Waals surface area contributed by atoms with Crippen LogP contribution >= 0.6 is 0 Å². The molecule has 1 aliphatic rings. The smallest absolute Gasteiger partial charge is 0.251 e. The molecule has 3 heterocycles. The van der Waals surface area contributed by atoms with E-state index in [-0.39, 0.29) is 12.0 Å². The van der Waals surface area contributed by atoms with Crippen LogP contribution in [-0.2, 0) is 6.54 Å². The van der Waals surface area contributed by atoms with Gasteiger partial charge in [-0.15, -0.1) is 0 Å². The lowest BCUT2D eigenvalue weighted by Gasteiger charge is -2.22. The van der Waals surface area contributed by atoms with Crippen LogP contribution in [0.25, 0.3) is 0 Å². The third kappa shape index (κ3) is 7.15. The van der Waals surface area contributed by atoms with Gasteiger partial charge in [0.1, 0.15) is 17.7 Å². The van der Waals surface area contributed by atoms with Crippen molar-refractivity contribution in [2.75, 3.05) is 32.6 Å². The number of carbonyl (C=O) groups excluding carboxylic acids is 1. The van der Waals surface area contributed by atoms with E-state index in [0.717, 1.165) is 42.7 Å². The highest BCUT2D eigenvalue weighted by molar-refractivity contribution is 5.94. The minimum atomic E-state index is -0.286. The molecule has 0 radical (unpaired) electrons. The Kier molecular flexibility index (Phi) is 9.00. The first kappa shape index (κ1) is 28.0. The zero-order valence-electron chi connectivity index (χ0n) is 23.6. The molecule has 0 saturated carbocycles. The van der Waals surface area contributed by atoms with Crippen molar-refractivity contribution in [3.05, 3.63) is 89.9 Å². The third-order valence-electron chi connectivity index (χ3n) is 7.12. The van der Waals surface area contributed by atoms with E-state index in [2.05, 4.69) is 26.0 Å². The van der Waals surface area contributed by atoms with Crippen LogP contribution in [0.2, 0.25) is 0 Å². The van der Waals surface area contributed by atoms with Gasteiger partial charge in [-0.25, -0.2) is 4.98 Å². The minimum absolute atomic E-state index is 0.172. The van der Waals surface area contributed by atoms with Crippen LogP contribution in [0.4, 0.5) is 11.5 Å². The number of pyridine rings is 1. The van der Waals surface area contributed by atoms with Crippen LogP contribution in [0.5, 0.6) is 17.2 Å². The van der Waals surface area contributed by atoms with Crippen LogP contribution in [0.1, 0.15) is 53.4 Å². The van der Waals surface area contributed by atoms with Crippen molar-refractivity contribution in [3.8, 4) is 17.2 Å². The lowest BCUT2D eigenvalue weighted by atomic mass is 10.1. The summed E-state index contributed by atoms with van der Waals surface area (Å²) in [4.78, 5) is 17.3. The van der Waals surface area contributed by atoms with E-state index < -0.39 is 0 Å². The average molecular weight is 557 g/mol. The van der Waals surface area contributed by atoms with Gasteiger partial charge in [0.05, 0.1) is 32.1 Å². The summed E-state index contributed by atoms with van der Waals surface area (Å²) in [5, 5.41) is 14.2. The van der Waals surface area contributed by atoms with Crippen LogP contribution in [-0.4, -0.2) is 48.0 Å². The number of rotatable bonds is 11. The van der Waals surface area contributed by atoms with E-state index >= 15 is 0 Å². The van der Waals surface area contributed by atoms with Crippen molar-refractivity contribution in [1.82, 2.24) is 25.4 Å². The van der Waals surface area contributed by atoms with Crippen molar-refractivity contribution in [2.24, 2.45) is 0 Å². The predicted octanol–water partition coefficient (Wildman–Crippen LogP) is 5.03. The molecular weight excluding hydrogens is 520 g/mol. The number of methoxy groups -OCH3 is 2. The van der Waals surface area contributed by atoms with Crippen molar-refractivity contribution in [3.63, 3.8) is 0 Å². The Morgan fingerprint density at radius 1 is 1.07 bits per heavy atom. The molecule has 5 rings (SSSR count). The molecule has 1 amide bonds. The largest absolute Gasteiger partial charge is 0.493 e. The van der Waals surface area contributed by atoms with Crippen LogP contribution in [0.3, 0.4) is 0 Å². The number of piperidine rings is 1. The molecular formula is C31H36N6O4. The zero-order valence-corrected chi connectivity index (χ0v) is 23.6. The monoisotopic (exact) mass is 556 g/mol. The summed E-state index contributed by atoms with van der Waals surface area (Å²) >= 11 is 0. The Labute approximate surface area is 240 Å². The third-order valence-corrected chi connectivity index (χ3v) is 7.12. The fourth-order valence-electron chi connectivity index (χ4n) is 4.85. The maximum Gasteiger partial charge on any atom is 0.251 e. The van der Waals surface area contributed by atoms with Crippen molar-refractivity contribution < 1.29 is 19.0 Å². The Bertz CT molecular complexity index is 1470. The Morgan fingerprint density at radius 2 is 1.90 bits per heavy atom. The second kappa shape index (κ2) is 13.2. The standard InChI is InChI=1S/C31H36N6O4/c1-21(23-5-4-6-24(16-23)31(38)34-18-22-7-8-28(39-2)29(15-22)40-3)41-27-11-14-33-30(17-27)36-25-19-35-37(20-25)26-9-12-32-13-10-26/h4-8,11,14-17,19-21,26,32H,9-10,12-13,18H2,1-3H3,(H,33,36)(H,34,38). The minimum Gasteiger partial charge on any atom is -0.493 e. The molecule has 1 fully saturated rings. The normalized spacial score (nSPS) is 14.2. The first-order valence-corrected chi connectivity index (χ1v) is 13.8. The van der Waals surface area contributed by atoms with Gasteiger partial charge >= 0.3 is 0 Å². The number of hydrogen-bond acceptors (Lipinski definition) is 8. The van der Waals surface area contributed by atoms with E-state index in [1.165, 1.54) is 0 Å². The molecule has 214 valence electrons. The molecule has 0 aliphatic carbocycles. The lowest BCUT2D eigenvalue weighted by Crippen LogP contribution is -2.29. The molecule has 10 nitrogen and oxygen atoms in total. The number of hydrogen-bond donors (Lipinski definition) is 3. The fourth-order valence-corrected chi connectivity index (χ4v) is 4.85. The number of ether oxygens (including phenoxy) is 3. The molecule has 10 heteroatoms. The van der Waals surface area contributed by atoms with Gasteiger partial charge in [-0.05, 0) is 74.3 Å². The molecule has 1 unspecified atom stereocenters. The second-order valence-corrected chi connectivity index (χ2v) is 9.95. The Balaban J connectivity index is 1.18. The molecule has 3 N–H and O–H groups in total. The maximum atomic E-state index is 12.9. The van der Waals surface area contributed by atoms with Crippen LogP contribution in [0, 0.1) is 0 Å². The number of nitrogens with one attached hydrogen (secondary N) is 3. The molecule has 4 aromatic rings. The topological polar surface area (TPSA) is 112 Å². The molecule has 1 atom stereocenters. The molecule has 0 bridgehead atoms. The summed E-state index contributed by atoms with van der Waals surface area (Å²) in [5.74, 6) is 2.43. The first-order valence-electron chi connectivity index (χ1n) is 13.8. The SMILES string of the molecule is COc1ccc(CNC(=O)c2cccc(C(C)Oc3ccnc(Nc4cnn(C5CCNCC5)c4)c3)c2)cc1OC. The first-order chi connectivity index (χ1) is 20.0. The number of nitrogens with zero attached hydrogens (tertiary/aromatic N) is 3. The van der Waals surface area contributed by atoms with E-state index in [1.54, 1.807) is 26.5 Å². The van der Waals surface area contributed by atoms with E-state index in [0.29, 0.717) is 41.2 Å². The summed E-state index contributed by atoms with van der Waals surface area (Å²) < 4.78 is 18.9. The van der Waals surface area contributed by atoms with Gasteiger partial charge in [-0.2, -0.15) is 5.10 Å². The summed E-state index contributed by atoms with van der Waals surface area (Å²) in [7, 11) is 3.18. The summed E-state index contributed by atoms with van der Waals surface area (Å²) in [5.41, 5.74) is 3.23. The molecule has 2 aromatic carbocycles. The van der Waals surface area contributed by atoms with E-state index in [9.17, 15) is 4.79 Å². The number of benzene rings is 2. The van der Waals surface area contributed by atoms with Gasteiger partial charge in [0.15, 0.2) is 11.5 Å². The average Bonchev–Trinajstić information content (AvgIpc) is 3.48. The van der Waals surface area contributed by atoms with Gasteiger partial charge < -0.3 is 30.2 Å². The number of aromatic nitrogens is 3. The van der Waals surface area contributed by atoms with Gasteiger partial charge in [-0.3, -0.25) is 9.48 Å². The van der Waals surface area contributed by atoms with Crippen molar-refractivity contribution in [1.29, 1.82) is 0 Å². The highest BCUT2D eigenvalue weighted by Crippen LogP contribution is 2.28. The van der Waals surface area contributed by atoms with Gasteiger partial charge in [-0.1, -0.05) is 18.2 Å². The van der Waals surface area contributed by atoms with Crippen molar-refractivity contribution in [2.45, 2.75) is 38.5 Å². The van der Waals surface area contributed by atoms with Gasteiger partial charge in [0, 0.05) is 30.6 Å². The number of carbonyl (C=O) groups is 1. The molecule has 1 saturated heterocycles. The Morgan fingerprint density at radius 3 is 2.71 bits per heavy atom. The fraction of sp³-hybridized carbons (Fsp3) is 0.323. The highest BCUT2D eigenvalue weighted by Gasteiger charge is 2.16. The molecule has 2 aromatic heterocycles. The summed E-state index contributed by atoms with van der Waals surface area (Å²) in [6.07, 6.45) is 7.41. The molecule has 41 heavy (non-hydrogen) atoms. The Hall–Kier alpha value is -4.57. The van der Waals surface area contributed by atoms with E-state index in [4.69, 9.17) is 14.2 Å². The summed E-state index contributed by atoms with van der Waals surface area (Å²) in [6, 6.07) is 17.1. The highest BCUT2D eigenvalue weighted by atomic mass is 16.5.